The van der Waals surface area contributed by atoms with Gasteiger partial charge < -0.3 is 19.4 Å². The van der Waals surface area contributed by atoms with Crippen LogP contribution in [-0.2, 0) is 22.6 Å². The SMILES string of the molecule is COc1ccc(N2CCCN(C(=O)CCC(=O)N3CCc4sccc4C3)CC2)cc1. The van der Waals surface area contributed by atoms with E-state index in [1.165, 1.54) is 10.4 Å². The Morgan fingerprint density at radius 2 is 1.70 bits per heavy atom. The summed E-state index contributed by atoms with van der Waals surface area (Å²) in [5, 5.41) is 2.09. The Kier molecular flexibility index (Phi) is 6.57. The summed E-state index contributed by atoms with van der Waals surface area (Å²) in [6, 6.07) is 10.2. The minimum atomic E-state index is 0.0909. The van der Waals surface area contributed by atoms with Crippen molar-refractivity contribution < 1.29 is 14.3 Å². The van der Waals surface area contributed by atoms with E-state index in [-0.39, 0.29) is 11.8 Å². The summed E-state index contributed by atoms with van der Waals surface area (Å²) >= 11 is 1.77. The third-order valence-corrected chi connectivity index (χ3v) is 7.02. The fourth-order valence-electron chi connectivity index (χ4n) is 4.21. The quantitative estimate of drug-likeness (QED) is 0.736. The van der Waals surface area contributed by atoms with Gasteiger partial charge >= 0.3 is 0 Å². The lowest BCUT2D eigenvalue weighted by Gasteiger charge is -2.27. The summed E-state index contributed by atoms with van der Waals surface area (Å²) in [4.78, 5) is 32.9. The number of rotatable bonds is 5. The first kappa shape index (κ1) is 20.7. The summed E-state index contributed by atoms with van der Waals surface area (Å²) in [6.45, 7) is 4.63. The van der Waals surface area contributed by atoms with Crippen molar-refractivity contribution in [2.45, 2.75) is 32.2 Å². The minimum Gasteiger partial charge on any atom is -0.497 e. The lowest BCUT2D eigenvalue weighted by Crippen LogP contribution is -2.38. The zero-order valence-electron chi connectivity index (χ0n) is 17.5. The highest BCUT2D eigenvalue weighted by atomic mass is 32.1. The van der Waals surface area contributed by atoms with Gasteiger partial charge in [-0.05, 0) is 54.1 Å². The number of hydrogen-bond donors (Lipinski definition) is 0. The van der Waals surface area contributed by atoms with Crippen molar-refractivity contribution in [1.82, 2.24) is 9.80 Å². The molecular weight excluding hydrogens is 398 g/mol. The van der Waals surface area contributed by atoms with Crippen LogP contribution < -0.4 is 9.64 Å². The third-order valence-electron chi connectivity index (χ3n) is 6.00. The summed E-state index contributed by atoms with van der Waals surface area (Å²) < 4.78 is 5.23. The van der Waals surface area contributed by atoms with Gasteiger partial charge in [0.2, 0.25) is 11.8 Å². The van der Waals surface area contributed by atoms with E-state index in [0.717, 1.165) is 50.5 Å². The Morgan fingerprint density at radius 1 is 0.933 bits per heavy atom. The van der Waals surface area contributed by atoms with Crippen LogP contribution in [0.25, 0.3) is 0 Å². The standard InChI is InChI=1S/C23H29N3O3S/c1-29-20-5-3-19(4-6-20)24-11-2-12-25(15-14-24)22(27)7-8-23(28)26-13-9-21-18(17-26)10-16-30-21/h3-6,10,16H,2,7-9,11-15,17H2,1H3. The molecule has 2 amide bonds. The van der Waals surface area contributed by atoms with Crippen molar-refractivity contribution in [2.75, 3.05) is 44.7 Å². The zero-order valence-corrected chi connectivity index (χ0v) is 18.3. The second-order valence-corrected chi connectivity index (χ2v) is 8.85. The molecule has 3 heterocycles. The zero-order chi connectivity index (χ0) is 20.9. The van der Waals surface area contributed by atoms with E-state index in [4.69, 9.17) is 4.74 Å². The highest BCUT2D eigenvalue weighted by molar-refractivity contribution is 7.10. The molecule has 1 saturated heterocycles. The molecule has 2 aliphatic rings. The molecule has 1 aromatic heterocycles. The van der Waals surface area contributed by atoms with Gasteiger partial charge in [0.1, 0.15) is 5.75 Å². The van der Waals surface area contributed by atoms with Crippen molar-refractivity contribution in [2.24, 2.45) is 0 Å². The fraction of sp³-hybridized carbons (Fsp3) is 0.478. The average Bonchev–Trinajstić information content (AvgIpc) is 3.12. The summed E-state index contributed by atoms with van der Waals surface area (Å²) in [5.74, 6) is 1.03. The van der Waals surface area contributed by atoms with Gasteiger partial charge in [0, 0.05) is 62.7 Å². The Balaban J connectivity index is 1.25. The van der Waals surface area contributed by atoms with Gasteiger partial charge in [0.15, 0.2) is 0 Å². The van der Waals surface area contributed by atoms with Crippen LogP contribution in [0.1, 0.15) is 29.7 Å². The first-order valence-corrected chi connectivity index (χ1v) is 11.5. The molecule has 0 radical (unpaired) electrons. The van der Waals surface area contributed by atoms with Crippen LogP contribution >= 0.6 is 11.3 Å². The van der Waals surface area contributed by atoms with Crippen LogP contribution in [0.15, 0.2) is 35.7 Å². The number of benzene rings is 1. The normalized spacial score (nSPS) is 16.8. The molecule has 0 unspecified atom stereocenters. The molecule has 1 fully saturated rings. The summed E-state index contributed by atoms with van der Waals surface area (Å²) in [7, 11) is 1.67. The number of anilines is 1. The maximum absolute atomic E-state index is 12.7. The van der Waals surface area contributed by atoms with Crippen molar-refractivity contribution in [1.29, 1.82) is 0 Å². The molecular formula is C23H29N3O3S. The molecule has 0 atom stereocenters. The van der Waals surface area contributed by atoms with E-state index >= 15 is 0 Å². The molecule has 0 bridgehead atoms. The van der Waals surface area contributed by atoms with Crippen LogP contribution in [0.4, 0.5) is 5.69 Å². The van der Waals surface area contributed by atoms with Gasteiger partial charge in [0.25, 0.3) is 0 Å². The Hall–Kier alpha value is -2.54. The van der Waals surface area contributed by atoms with E-state index in [9.17, 15) is 9.59 Å². The van der Waals surface area contributed by atoms with Crippen molar-refractivity contribution >= 4 is 28.8 Å². The molecule has 160 valence electrons. The van der Waals surface area contributed by atoms with Gasteiger partial charge in [-0.2, -0.15) is 0 Å². The second-order valence-electron chi connectivity index (χ2n) is 7.85. The predicted molar refractivity (Wildman–Crippen MR) is 119 cm³/mol. The highest BCUT2D eigenvalue weighted by Gasteiger charge is 2.24. The highest BCUT2D eigenvalue weighted by Crippen LogP contribution is 2.25. The number of nitrogens with zero attached hydrogens (tertiary/aromatic N) is 3. The first-order chi connectivity index (χ1) is 14.6. The van der Waals surface area contributed by atoms with Gasteiger partial charge in [-0.15, -0.1) is 11.3 Å². The lowest BCUT2D eigenvalue weighted by atomic mass is 10.1. The number of methoxy groups -OCH3 is 1. The van der Waals surface area contributed by atoms with Crippen LogP contribution in [0, 0.1) is 0 Å². The molecule has 0 spiro atoms. The second kappa shape index (κ2) is 9.51. The van der Waals surface area contributed by atoms with E-state index < -0.39 is 0 Å². The van der Waals surface area contributed by atoms with Crippen LogP contribution in [0.5, 0.6) is 5.75 Å². The lowest BCUT2D eigenvalue weighted by molar-refractivity contribution is -0.137. The maximum Gasteiger partial charge on any atom is 0.223 e. The Labute approximate surface area is 182 Å². The molecule has 30 heavy (non-hydrogen) atoms. The Morgan fingerprint density at radius 3 is 2.47 bits per heavy atom. The molecule has 2 aromatic rings. The molecule has 0 saturated carbocycles. The van der Waals surface area contributed by atoms with E-state index in [1.54, 1.807) is 18.4 Å². The van der Waals surface area contributed by atoms with Crippen molar-refractivity contribution in [3.8, 4) is 5.75 Å². The van der Waals surface area contributed by atoms with Gasteiger partial charge in [-0.1, -0.05) is 0 Å². The van der Waals surface area contributed by atoms with Gasteiger partial charge in [-0.3, -0.25) is 9.59 Å². The largest absolute Gasteiger partial charge is 0.497 e. The van der Waals surface area contributed by atoms with E-state index in [2.05, 4.69) is 28.5 Å². The van der Waals surface area contributed by atoms with E-state index in [1.807, 2.05) is 21.9 Å². The molecule has 6 nitrogen and oxygen atoms in total. The number of hydrogen-bond acceptors (Lipinski definition) is 5. The average molecular weight is 428 g/mol. The fourth-order valence-corrected chi connectivity index (χ4v) is 5.10. The molecule has 0 N–H and O–H groups in total. The van der Waals surface area contributed by atoms with Crippen molar-refractivity contribution in [3.05, 3.63) is 46.2 Å². The Bertz CT molecular complexity index is 880. The number of ether oxygens (including phenoxy) is 1. The topological polar surface area (TPSA) is 53.1 Å². The number of fused-ring (bicyclic) bond motifs is 1. The number of amides is 2. The molecule has 2 aliphatic heterocycles. The van der Waals surface area contributed by atoms with Crippen LogP contribution in [0.3, 0.4) is 0 Å². The third kappa shape index (κ3) is 4.78. The smallest absolute Gasteiger partial charge is 0.223 e. The summed E-state index contributed by atoms with van der Waals surface area (Å²) in [5.41, 5.74) is 2.41. The van der Waals surface area contributed by atoms with Gasteiger partial charge in [0.05, 0.1) is 7.11 Å². The van der Waals surface area contributed by atoms with Gasteiger partial charge in [-0.25, -0.2) is 0 Å². The van der Waals surface area contributed by atoms with E-state index in [0.29, 0.717) is 25.9 Å². The monoisotopic (exact) mass is 427 g/mol. The first-order valence-electron chi connectivity index (χ1n) is 10.6. The molecule has 0 aliphatic carbocycles. The molecule has 4 rings (SSSR count). The number of thiophene rings is 1. The minimum absolute atomic E-state index is 0.0909. The van der Waals surface area contributed by atoms with Crippen molar-refractivity contribution in [3.63, 3.8) is 0 Å². The molecule has 7 heteroatoms. The predicted octanol–water partition coefficient (Wildman–Crippen LogP) is 3.16. The summed E-state index contributed by atoms with van der Waals surface area (Å²) in [6.07, 6.45) is 2.46. The van der Waals surface area contributed by atoms with Crippen LogP contribution in [-0.4, -0.2) is 61.4 Å². The van der Waals surface area contributed by atoms with Crippen LogP contribution in [0.2, 0.25) is 0 Å². The number of carbonyl (C=O) groups excluding carboxylic acids is 2. The molecule has 1 aromatic carbocycles. The number of carbonyl (C=O) groups is 2. The maximum atomic E-state index is 12.7.